The molecule has 1 N–H and O–H groups in total. The van der Waals surface area contributed by atoms with Crippen molar-refractivity contribution in [3.63, 3.8) is 0 Å². The van der Waals surface area contributed by atoms with Crippen molar-refractivity contribution in [1.29, 1.82) is 0 Å². The monoisotopic (exact) mass is 186 g/mol. The second-order valence-corrected chi connectivity index (χ2v) is 2.97. The maximum absolute atomic E-state index is 11.2. The fraction of sp³-hybridized carbons (Fsp3) is 0. The Kier molecular flexibility index (Phi) is 1.25. The molecule has 0 atom stereocenters. The summed E-state index contributed by atoms with van der Waals surface area (Å²) in [6.45, 7) is 0. The summed E-state index contributed by atoms with van der Waals surface area (Å²) >= 11 is 0. The van der Waals surface area contributed by atoms with Crippen molar-refractivity contribution in [3.8, 4) is 0 Å². The van der Waals surface area contributed by atoms with E-state index in [9.17, 15) is 4.79 Å². The van der Waals surface area contributed by atoms with E-state index in [-0.39, 0.29) is 5.69 Å². The van der Waals surface area contributed by atoms with Crippen LogP contribution < -0.4 is 5.69 Å². The van der Waals surface area contributed by atoms with Crippen LogP contribution in [0.25, 0.3) is 16.6 Å². The minimum atomic E-state index is -0.231. The van der Waals surface area contributed by atoms with Crippen LogP contribution in [0.15, 0.2) is 35.4 Å². The summed E-state index contributed by atoms with van der Waals surface area (Å²) in [6.07, 6.45) is 3.38. The molecule has 0 aliphatic rings. The standard InChI is InChI=1S/C9H6N4O/c14-9-12-11-8-6-2-1-4-10-7(6)3-5-13(8)9/h1-5H,(H,12,14). The molecular formula is C9H6N4O. The Hall–Kier alpha value is -2.17. The van der Waals surface area contributed by atoms with Crippen molar-refractivity contribution < 1.29 is 0 Å². The van der Waals surface area contributed by atoms with Gasteiger partial charge in [-0.05, 0) is 18.2 Å². The molecule has 5 heteroatoms. The molecule has 0 saturated heterocycles. The molecule has 0 spiro atoms. The number of aromatic amines is 1. The van der Waals surface area contributed by atoms with E-state index in [0.29, 0.717) is 5.65 Å². The molecule has 0 aliphatic carbocycles. The second kappa shape index (κ2) is 2.41. The largest absolute Gasteiger partial charge is 0.347 e. The van der Waals surface area contributed by atoms with E-state index in [1.807, 2.05) is 12.1 Å². The van der Waals surface area contributed by atoms with Gasteiger partial charge in [-0.3, -0.25) is 4.98 Å². The van der Waals surface area contributed by atoms with E-state index < -0.39 is 0 Å². The zero-order valence-electron chi connectivity index (χ0n) is 7.14. The third kappa shape index (κ3) is 0.806. The molecule has 0 unspecified atom stereocenters. The first kappa shape index (κ1) is 7.25. The summed E-state index contributed by atoms with van der Waals surface area (Å²) < 4.78 is 1.46. The second-order valence-electron chi connectivity index (χ2n) is 2.97. The molecule has 5 nitrogen and oxygen atoms in total. The Morgan fingerprint density at radius 1 is 1.36 bits per heavy atom. The predicted molar refractivity (Wildman–Crippen MR) is 51.1 cm³/mol. The number of nitrogens with one attached hydrogen (secondary N) is 1. The van der Waals surface area contributed by atoms with Crippen molar-refractivity contribution in [2.45, 2.75) is 0 Å². The maximum atomic E-state index is 11.2. The summed E-state index contributed by atoms with van der Waals surface area (Å²) in [4.78, 5) is 15.4. The van der Waals surface area contributed by atoms with Crippen molar-refractivity contribution in [2.24, 2.45) is 0 Å². The van der Waals surface area contributed by atoms with Gasteiger partial charge in [0.15, 0.2) is 5.65 Å². The number of hydrogen-bond donors (Lipinski definition) is 1. The Morgan fingerprint density at radius 3 is 3.21 bits per heavy atom. The lowest BCUT2D eigenvalue weighted by molar-refractivity contribution is 1.02. The molecule has 3 aromatic heterocycles. The van der Waals surface area contributed by atoms with Gasteiger partial charge in [0, 0.05) is 17.8 Å². The Morgan fingerprint density at radius 2 is 2.29 bits per heavy atom. The average molecular weight is 186 g/mol. The van der Waals surface area contributed by atoms with Crippen LogP contribution >= 0.6 is 0 Å². The molecule has 0 aliphatic heterocycles. The molecule has 3 aromatic rings. The van der Waals surface area contributed by atoms with Gasteiger partial charge in [0.1, 0.15) is 0 Å². The molecule has 14 heavy (non-hydrogen) atoms. The number of H-pyrrole nitrogens is 1. The zero-order valence-corrected chi connectivity index (χ0v) is 7.14. The van der Waals surface area contributed by atoms with Gasteiger partial charge in [0.2, 0.25) is 0 Å². The van der Waals surface area contributed by atoms with Crippen LogP contribution in [0, 0.1) is 0 Å². The first-order valence-electron chi connectivity index (χ1n) is 4.17. The number of hydrogen-bond acceptors (Lipinski definition) is 3. The molecule has 0 fully saturated rings. The lowest BCUT2D eigenvalue weighted by Gasteiger charge is -1.96. The number of rotatable bonds is 0. The molecule has 3 heterocycles. The minimum absolute atomic E-state index is 0.231. The van der Waals surface area contributed by atoms with Crippen LogP contribution in [0.4, 0.5) is 0 Å². The van der Waals surface area contributed by atoms with Crippen molar-refractivity contribution >= 4 is 16.6 Å². The summed E-state index contributed by atoms with van der Waals surface area (Å²) in [5.74, 6) is 0. The van der Waals surface area contributed by atoms with Crippen molar-refractivity contribution in [1.82, 2.24) is 19.6 Å². The van der Waals surface area contributed by atoms with Crippen LogP contribution in [0.2, 0.25) is 0 Å². The van der Waals surface area contributed by atoms with Gasteiger partial charge in [-0.1, -0.05) is 0 Å². The molecule has 3 rings (SSSR count). The third-order valence-corrected chi connectivity index (χ3v) is 2.17. The molecule has 0 saturated carbocycles. The minimum Gasteiger partial charge on any atom is -0.256 e. The Balaban J connectivity index is 2.68. The highest BCUT2D eigenvalue weighted by Crippen LogP contribution is 2.13. The highest BCUT2D eigenvalue weighted by atomic mass is 16.1. The predicted octanol–water partition coefficient (Wildman–Crippen LogP) is 0.571. The highest BCUT2D eigenvalue weighted by Gasteiger charge is 2.03. The first-order chi connectivity index (χ1) is 6.86. The SMILES string of the molecule is O=c1[nH]nc2c3cccnc3ccn12. The van der Waals surface area contributed by atoms with Gasteiger partial charge >= 0.3 is 5.69 Å². The van der Waals surface area contributed by atoms with E-state index in [2.05, 4.69) is 15.2 Å². The smallest absolute Gasteiger partial charge is 0.256 e. The number of aromatic nitrogens is 4. The van der Waals surface area contributed by atoms with Crippen LogP contribution in [-0.4, -0.2) is 19.6 Å². The van der Waals surface area contributed by atoms with E-state index in [4.69, 9.17) is 0 Å². The zero-order chi connectivity index (χ0) is 9.54. The normalized spacial score (nSPS) is 11.1. The number of fused-ring (bicyclic) bond motifs is 3. The fourth-order valence-electron chi connectivity index (χ4n) is 1.52. The van der Waals surface area contributed by atoms with Gasteiger partial charge in [-0.15, -0.1) is 0 Å². The lowest BCUT2D eigenvalue weighted by atomic mass is 10.2. The van der Waals surface area contributed by atoms with Crippen LogP contribution in [-0.2, 0) is 0 Å². The third-order valence-electron chi connectivity index (χ3n) is 2.17. The summed E-state index contributed by atoms with van der Waals surface area (Å²) in [5.41, 5.74) is 1.21. The lowest BCUT2D eigenvalue weighted by Crippen LogP contribution is -2.08. The van der Waals surface area contributed by atoms with Crippen molar-refractivity contribution in [3.05, 3.63) is 41.1 Å². The molecular weight excluding hydrogens is 180 g/mol. The molecule has 0 aromatic carbocycles. The maximum Gasteiger partial charge on any atom is 0.347 e. The van der Waals surface area contributed by atoms with Gasteiger partial charge in [-0.2, -0.15) is 5.10 Å². The highest BCUT2D eigenvalue weighted by molar-refractivity contribution is 5.90. The summed E-state index contributed by atoms with van der Waals surface area (Å²) in [6, 6.07) is 5.50. The summed E-state index contributed by atoms with van der Waals surface area (Å²) in [7, 11) is 0. The number of pyridine rings is 2. The van der Waals surface area contributed by atoms with E-state index in [1.54, 1.807) is 18.5 Å². The first-order valence-corrected chi connectivity index (χ1v) is 4.17. The average Bonchev–Trinajstić information content (AvgIpc) is 2.61. The van der Waals surface area contributed by atoms with Gasteiger partial charge in [-0.25, -0.2) is 14.3 Å². The topological polar surface area (TPSA) is 63.0 Å². The van der Waals surface area contributed by atoms with Crippen LogP contribution in [0.3, 0.4) is 0 Å². The van der Waals surface area contributed by atoms with Gasteiger partial charge in [0.25, 0.3) is 0 Å². The van der Waals surface area contributed by atoms with E-state index in [0.717, 1.165) is 10.9 Å². The molecule has 0 bridgehead atoms. The van der Waals surface area contributed by atoms with Gasteiger partial charge in [0.05, 0.1) is 5.52 Å². The summed E-state index contributed by atoms with van der Waals surface area (Å²) in [5, 5.41) is 7.20. The van der Waals surface area contributed by atoms with Crippen LogP contribution in [0.1, 0.15) is 0 Å². The molecule has 0 amide bonds. The van der Waals surface area contributed by atoms with Crippen LogP contribution in [0.5, 0.6) is 0 Å². The Labute approximate surface area is 78.0 Å². The van der Waals surface area contributed by atoms with Gasteiger partial charge < -0.3 is 0 Å². The fourth-order valence-corrected chi connectivity index (χ4v) is 1.52. The molecule has 68 valence electrons. The van der Waals surface area contributed by atoms with E-state index >= 15 is 0 Å². The van der Waals surface area contributed by atoms with E-state index in [1.165, 1.54) is 4.40 Å². The Bertz CT molecular complexity index is 667. The number of nitrogens with zero attached hydrogens (tertiary/aromatic N) is 3. The molecule has 0 radical (unpaired) electrons. The van der Waals surface area contributed by atoms with Crippen molar-refractivity contribution in [2.75, 3.05) is 0 Å². The quantitative estimate of drug-likeness (QED) is 0.558.